The second-order valence-corrected chi connectivity index (χ2v) is 12.1. The molecule has 4 aromatic rings. The lowest BCUT2D eigenvalue weighted by atomic mass is 9.78. The second kappa shape index (κ2) is 12.0. The average molecular weight is 560 g/mol. The molecule has 2 aliphatic heterocycles. The Bertz CT molecular complexity index is 1320. The summed E-state index contributed by atoms with van der Waals surface area (Å²) in [7, 11) is 1.76. The molecule has 3 aromatic heterocycles. The fourth-order valence-corrected chi connectivity index (χ4v) is 6.99. The molecule has 6 rings (SSSR count). The van der Waals surface area contributed by atoms with Crippen LogP contribution in [-0.4, -0.2) is 73.8 Å². The van der Waals surface area contributed by atoms with Gasteiger partial charge in [0.2, 0.25) is 0 Å². The van der Waals surface area contributed by atoms with E-state index in [9.17, 15) is 4.79 Å². The van der Waals surface area contributed by atoms with Gasteiger partial charge in [0.15, 0.2) is 0 Å². The Balaban J connectivity index is 1.03. The summed E-state index contributed by atoms with van der Waals surface area (Å²) in [6.07, 6.45) is 10.7. The zero-order valence-corrected chi connectivity index (χ0v) is 23.8. The second-order valence-electron chi connectivity index (χ2n) is 11.1. The van der Waals surface area contributed by atoms with Crippen molar-refractivity contribution in [2.45, 2.75) is 45.4 Å². The molecule has 0 radical (unpaired) electrons. The molecule has 1 amide bonds. The molecule has 2 aliphatic rings. The van der Waals surface area contributed by atoms with E-state index in [1.54, 1.807) is 48.1 Å². The molecule has 0 aliphatic carbocycles. The fraction of sp³-hybridized carbons (Fsp3) is 0.433. The number of hydrogen-bond acceptors (Lipinski definition) is 7. The van der Waals surface area contributed by atoms with Crippen LogP contribution in [0, 0.1) is 5.41 Å². The molecule has 10 heteroatoms. The minimum absolute atomic E-state index is 0.0357. The van der Waals surface area contributed by atoms with Crippen molar-refractivity contribution in [3.63, 3.8) is 0 Å². The minimum Gasteiger partial charge on any atom is -0.496 e. The third-order valence-corrected chi connectivity index (χ3v) is 9.30. The van der Waals surface area contributed by atoms with Gasteiger partial charge < -0.3 is 19.6 Å². The highest BCUT2D eigenvalue weighted by Crippen LogP contribution is 2.41. The number of likely N-dealkylation sites (tertiary alicyclic amines) is 2. The fourth-order valence-electron chi connectivity index (χ4n) is 6.11. The lowest BCUT2D eigenvalue weighted by Crippen LogP contribution is -2.41. The van der Waals surface area contributed by atoms with Crippen molar-refractivity contribution in [2.24, 2.45) is 5.41 Å². The maximum absolute atomic E-state index is 13.4. The number of methoxy groups -OCH3 is 1. The van der Waals surface area contributed by atoms with Gasteiger partial charge in [-0.2, -0.15) is 0 Å². The number of thiophene rings is 1. The first kappa shape index (κ1) is 26.7. The summed E-state index contributed by atoms with van der Waals surface area (Å²) < 4.78 is 5.51. The average Bonchev–Trinajstić information content (AvgIpc) is 3.80. The van der Waals surface area contributed by atoms with E-state index < -0.39 is 0 Å². The molecule has 9 nitrogen and oxygen atoms in total. The van der Waals surface area contributed by atoms with Crippen LogP contribution < -0.4 is 4.74 Å². The van der Waals surface area contributed by atoms with Crippen molar-refractivity contribution in [2.75, 3.05) is 33.3 Å². The standard InChI is InChI=1S/C30H37N7O2S/c1-39-25-6-17-40-26(25)19-35-14-7-30(8-15-35)9-16-36(22-30)18-23-2-4-24(5-3-23)29(38)37(20-27-31-10-11-32-27)21-28-33-12-13-34-28/h2-6,10-13,17H,7-9,14-16,18-22H2,1H3,(H,31,32)(H,33,34). The molecule has 2 N–H and O–H groups in total. The van der Waals surface area contributed by atoms with Gasteiger partial charge in [-0.05, 0) is 73.5 Å². The topological polar surface area (TPSA) is 93.4 Å². The number of nitrogens with one attached hydrogen (secondary N) is 2. The Morgan fingerprint density at radius 1 is 0.950 bits per heavy atom. The van der Waals surface area contributed by atoms with Gasteiger partial charge in [-0.1, -0.05) is 12.1 Å². The highest BCUT2D eigenvalue weighted by molar-refractivity contribution is 7.10. The monoisotopic (exact) mass is 559 g/mol. The summed E-state index contributed by atoms with van der Waals surface area (Å²) >= 11 is 1.79. The number of aromatic amines is 2. The zero-order valence-electron chi connectivity index (χ0n) is 23.0. The van der Waals surface area contributed by atoms with Crippen LogP contribution in [0.15, 0.2) is 60.5 Å². The van der Waals surface area contributed by atoms with E-state index in [1.807, 2.05) is 12.1 Å². The number of imidazole rings is 2. The number of carbonyl (C=O) groups excluding carboxylic acids is 1. The summed E-state index contributed by atoms with van der Waals surface area (Å²) in [5.41, 5.74) is 2.36. The minimum atomic E-state index is -0.0357. The van der Waals surface area contributed by atoms with Crippen LogP contribution in [0.1, 0.15) is 51.7 Å². The number of carbonyl (C=O) groups is 1. The number of hydrogen-bond donors (Lipinski definition) is 2. The van der Waals surface area contributed by atoms with Gasteiger partial charge in [0.25, 0.3) is 5.91 Å². The SMILES string of the molecule is COc1ccsc1CN1CCC2(CC1)CCN(Cc1ccc(C(=O)N(Cc3ncc[nH]3)Cc3ncc[nH]3)cc1)C2. The zero-order chi connectivity index (χ0) is 27.4. The molecule has 1 aromatic carbocycles. The summed E-state index contributed by atoms with van der Waals surface area (Å²) in [5.74, 6) is 2.48. The van der Waals surface area contributed by atoms with Crippen molar-refractivity contribution in [1.82, 2.24) is 34.6 Å². The van der Waals surface area contributed by atoms with Crippen molar-refractivity contribution in [1.29, 1.82) is 0 Å². The normalized spacial score (nSPS) is 17.4. The first-order chi connectivity index (χ1) is 19.6. The molecule has 1 spiro atoms. The molecular weight excluding hydrogens is 522 g/mol. The lowest BCUT2D eigenvalue weighted by molar-refractivity contribution is 0.0721. The molecule has 2 saturated heterocycles. The Hall–Kier alpha value is -3.47. The van der Waals surface area contributed by atoms with Gasteiger partial charge in [0, 0.05) is 50.0 Å². The van der Waals surface area contributed by atoms with E-state index >= 15 is 0 Å². The van der Waals surface area contributed by atoms with Gasteiger partial charge in [-0.3, -0.25) is 14.6 Å². The predicted molar refractivity (Wildman–Crippen MR) is 155 cm³/mol. The van der Waals surface area contributed by atoms with Gasteiger partial charge in [-0.15, -0.1) is 11.3 Å². The maximum atomic E-state index is 13.4. The number of rotatable bonds is 10. The number of H-pyrrole nitrogens is 2. The number of piperidine rings is 1. The van der Waals surface area contributed by atoms with Gasteiger partial charge in [0.1, 0.15) is 17.4 Å². The maximum Gasteiger partial charge on any atom is 0.254 e. The molecule has 210 valence electrons. The quantitative estimate of drug-likeness (QED) is 0.297. The Morgan fingerprint density at radius 2 is 1.60 bits per heavy atom. The number of ether oxygens (including phenoxy) is 1. The van der Waals surface area contributed by atoms with Crippen LogP contribution >= 0.6 is 11.3 Å². The molecular formula is C30H37N7O2S. The Labute approximate surface area is 239 Å². The predicted octanol–water partition coefficient (Wildman–Crippen LogP) is 4.53. The summed E-state index contributed by atoms with van der Waals surface area (Å²) in [5, 5.41) is 2.12. The van der Waals surface area contributed by atoms with Gasteiger partial charge in [-0.25, -0.2) is 9.97 Å². The molecule has 0 unspecified atom stereocenters. The number of nitrogens with zero attached hydrogens (tertiary/aromatic N) is 5. The van der Waals surface area contributed by atoms with Crippen LogP contribution in [0.4, 0.5) is 0 Å². The number of amides is 1. The smallest absolute Gasteiger partial charge is 0.254 e. The first-order valence-electron chi connectivity index (χ1n) is 14.0. The third-order valence-electron chi connectivity index (χ3n) is 8.41. The molecule has 2 fully saturated rings. The van der Waals surface area contributed by atoms with Crippen molar-refractivity contribution in [3.05, 3.63) is 88.2 Å². The Kier molecular flexibility index (Phi) is 7.99. The van der Waals surface area contributed by atoms with E-state index in [-0.39, 0.29) is 5.91 Å². The van der Waals surface area contributed by atoms with Crippen LogP contribution in [0.5, 0.6) is 5.75 Å². The summed E-state index contributed by atoms with van der Waals surface area (Å²) in [4.78, 5) is 36.5. The molecule has 0 saturated carbocycles. The van der Waals surface area contributed by atoms with Crippen LogP contribution in [0.3, 0.4) is 0 Å². The van der Waals surface area contributed by atoms with E-state index in [0.717, 1.165) is 56.7 Å². The van der Waals surface area contributed by atoms with Crippen LogP contribution in [0.2, 0.25) is 0 Å². The third kappa shape index (κ3) is 6.14. The highest BCUT2D eigenvalue weighted by atomic mass is 32.1. The molecule has 5 heterocycles. The number of benzene rings is 1. The molecule has 0 bridgehead atoms. The lowest BCUT2D eigenvalue weighted by Gasteiger charge is -2.39. The van der Waals surface area contributed by atoms with Gasteiger partial charge >= 0.3 is 0 Å². The summed E-state index contributed by atoms with van der Waals surface area (Å²) in [6, 6.07) is 10.2. The highest BCUT2D eigenvalue weighted by Gasteiger charge is 2.40. The van der Waals surface area contributed by atoms with Crippen molar-refractivity contribution in [3.8, 4) is 5.75 Å². The number of aromatic nitrogens is 4. The van der Waals surface area contributed by atoms with Crippen molar-refractivity contribution >= 4 is 17.2 Å². The molecule has 0 atom stereocenters. The largest absolute Gasteiger partial charge is 0.496 e. The van der Waals surface area contributed by atoms with Crippen molar-refractivity contribution < 1.29 is 9.53 Å². The van der Waals surface area contributed by atoms with Gasteiger partial charge in [0.05, 0.1) is 25.1 Å². The molecule has 40 heavy (non-hydrogen) atoms. The van der Waals surface area contributed by atoms with E-state index in [4.69, 9.17) is 4.74 Å². The van der Waals surface area contributed by atoms with Crippen LogP contribution in [-0.2, 0) is 26.2 Å². The van der Waals surface area contributed by atoms with Crippen LogP contribution in [0.25, 0.3) is 0 Å². The Morgan fingerprint density at radius 3 is 2.20 bits per heavy atom. The summed E-state index contributed by atoms with van der Waals surface area (Å²) in [6.45, 7) is 7.30. The van der Waals surface area contributed by atoms with E-state index in [2.05, 4.69) is 53.3 Å². The van der Waals surface area contributed by atoms with E-state index in [1.165, 1.54) is 29.7 Å². The first-order valence-corrected chi connectivity index (χ1v) is 14.9. The van der Waals surface area contributed by atoms with E-state index in [0.29, 0.717) is 24.1 Å².